The third-order valence-electron chi connectivity index (χ3n) is 5.41. The normalized spacial score (nSPS) is 25.4. The van der Waals surface area contributed by atoms with Crippen LogP contribution in [0.25, 0.3) is 4.85 Å². The van der Waals surface area contributed by atoms with E-state index in [1.807, 2.05) is 12.3 Å². The molecule has 1 aliphatic carbocycles. The minimum atomic E-state index is -0.0864. The Balaban J connectivity index is 1.84. The third-order valence-corrected chi connectivity index (χ3v) is 6.08. The van der Waals surface area contributed by atoms with Gasteiger partial charge in [-0.15, -0.1) is 0 Å². The Hall–Kier alpha value is -1.41. The van der Waals surface area contributed by atoms with Crippen LogP contribution in [0.3, 0.4) is 0 Å². The van der Waals surface area contributed by atoms with Crippen molar-refractivity contribution in [2.45, 2.75) is 37.8 Å². The highest BCUT2D eigenvalue weighted by Crippen LogP contribution is 2.43. The van der Waals surface area contributed by atoms with Gasteiger partial charge in [-0.1, -0.05) is 17.7 Å². The number of hydrogen-bond donors (Lipinski definition) is 1. The van der Waals surface area contributed by atoms with E-state index >= 15 is 0 Å². The van der Waals surface area contributed by atoms with Gasteiger partial charge in [0, 0.05) is 34.6 Å². The number of nitrogens with zero attached hydrogens (tertiary/aromatic N) is 2. The summed E-state index contributed by atoms with van der Waals surface area (Å²) < 4.78 is 1.03. The molecule has 25 heavy (non-hydrogen) atoms. The molecular formula is C20H19BrClN3. The van der Waals surface area contributed by atoms with E-state index in [9.17, 15) is 0 Å². The maximum Gasteiger partial charge on any atom is 0.277 e. The average molecular weight is 417 g/mol. The predicted octanol–water partition coefficient (Wildman–Crippen LogP) is 4.97. The van der Waals surface area contributed by atoms with Crippen LogP contribution in [0.1, 0.15) is 41.1 Å². The topological polar surface area (TPSA) is 29.3 Å². The summed E-state index contributed by atoms with van der Waals surface area (Å²) in [4.78, 5) is 8.58. The van der Waals surface area contributed by atoms with Crippen molar-refractivity contribution in [3.05, 3.63) is 73.8 Å². The first-order valence-electron chi connectivity index (χ1n) is 8.68. The highest BCUT2D eigenvalue weighted by atomic mass is 79.9. The standard InChI is InChI=1S/C20H19BrClN3/c1-23-18-10-13(6-7-24-18)19-17-5-4-16(22)9-12(17)2-3-14-8-15(21)11-25-20(14)19/h4-5,8-9,11,13,18-19,24H,2-3,6-7,10H2/t13?,18?,19-/m1/s1. The zero-order valence-corrected chi connectivity index (χ0v) is 16.1. The number of pyridine rings is 1. The van der Waals surface area contributed by atoms with Crippen molar-refractivity contribution in [1.82, 2.24) is 10.3 Å². The summed E-state index contributed by atoms with van der Waals surface area (Å²) >= 11 is 9.84. The van der Waals surface area contributed by atoms with Gasteiger partial charge in [0.2, 0.25) is 0 Å². The summed E-state index contributed by atoms with van der Waals surface area (Å²) in [6.07, 6.45) is 5.71. The number of aryl methyl sites for hydroxylation is 2. The molecule has 2 aliphatic rings. The SMILES string of the molecule is [C-]#[N+]C1CC([C@@H]2c3ccc(Cl)cc3CCc3cc(Br)cnc32)CCN1. The zero-order chi connectivity index (χ0) is 17.4. The van der Waals surface area contributed by atoms with Crippen LogP contribution in [0.5, 0.6) is 0 Å². The third kappa shape index (κ3) is 3.33. The Morgan fingerprint density at radius 1 is 1.24 bits per heavy atom. The molecule has 1 aliphatic heterocycles. The van der Waals surface area contributed by atoms with E-state index in [0.717, 1.165) is 41.7 Å². The number of hydrogen-bond acceptors (Lipinski definition) is 2. The van der Waals surface area contributed by atoms with Crippen molar-refractivity contribution >= 4 is 27.5 Å². The molecule has 5 heteroatoms. The molecule has 0 spiro atoms. The number of piperidine rings is 1. The van der Waals surface area contributed by atoms with Crippen LogP contribution in [-0.4, -0.2) is 17.7 Å². The summed E-state index contributed by atoms with van der Waals surface area (Å²) in [6, 6.07) is 8.48. The van der Waals surface area contributed by atoms with E-state index < -0.39 is 0 Å². The van der Waals surface area contributed by atoms with Crippen molar-refractivity contribution in [3.8, 4) is 0 Å². The number of rotatable bonds is 1. The lowest BCUT2D eigenvalue weighted by Gasteiger charge is -2.32. The maximum atomic E-state index is 7.41. The number of fused-ring (bicyclic) bond motifs is 2. The van der Waals surface area contributed by atoms with Gasteiger partial charge in [-0.25, -0.2) is 11.9 Å². The molecule has 1 aromatic heterocycles. The molecule has 3 nitrogen and oxygen atoms in total. The molecule has 1 aromatic carbocycles. The van der Waals surface area contributed by atoms with Crippen LogP contribution in [0.2, 0.25) is 5.02 Å². The summed E-state index contributed by atoms with van der Waals surface area (Å²) in [7, 11) is 0. The van der Waals surface area contributed by atoms with Gasteiger partial charge in [0.15, 0.2) is 0 Å². The fourth-order valence-electron chi connectivity index (χ4n) is 4.28. The van der Waals surface area contributed by atoms with Crippen LogP contribution in [-0.2, 0) is 12.8 Å². The van der Waals surface area contributed by atoms with Crippen molar-refractivity contribution in [3.63, 3.8) is 0 Å². The van der Waals surface area contributed by atoms with Crippen molar-refractivity contribution in [2.75, 3.05) is 6.54 Å². The number of benzene rings is 1. The van der Waals surface area contributed by atoms with Gasteiger partial charge < -0.3 is 0 Å². The Morgan fingerprint density at radius 2 is 2.08 bits per heavy atom. The van der Waals surface area contributed by atoms with Gasteiger partial charge in [-0.2, -0.15) is 0 Å². The van der Waals surface area contributed by atoms with Gasteiger partial charge >= 0.3 is 0 Å². The molecule has 2 unspecified atom stereocenters. The molecule has 0 saturated carbocycles. The van der Waals surface area contributed by atoms with Gasteiger partial charge in [0.05, 0.1) is 5.69 Å². The zero-order valence-electron chi connectivity index (χ0n) is 13.8. The monoisotopic (exact) mass is 415 g/mol. The molecule has 0 amide bonds. The highest BCUT2D eigenvalue weighted by molar-refractivity contribution is 9.10. The second-order valence-electron chi connectivity index (χ2n) is 6.90. The average Bonchev–Trinajstić information content (AvgIpc) is 2.78. The lowest BCUT2D eigenvalue weighted by Crippen LogP contribution is -2.38. The quantitative estimate of drug-likeness (QED) is 0.665. The van der Waals surface area contributed by atoms with Gasteiger partial charge in [0.1, 0.15) is 0 Å². The first-order chi connectivity index (χ1) is 12.2. The molecule has 2 aromatic rings. The molecule has 0 bridgehead atoms. The van der Waals surface area contributed by atoms with Crippen LogP contribution in [0.4, 0.5) is 0 Å². The maximum absolute atomic E-state index is 7.41. The second kappa shape index (κ2) is 7.07. The Morgan fingerprint density at radius 3 is 2.92 bits per heavy atom. The molecule has 0 radical (unpaired) electrons. The number of aromatic nitrogens is 1. The van der Waals surface area contributed by atoms with E-state index in [-0.39, 0.29) is 12.1 Å². The van der Waals surface area contributed by atoms with Crippen molar-refractivity contribution in [2.24, 2.45) is 5.92 Å². The summed E-state index contributed by atoms with van der Waals surface area (Å²) in [6.45, 7) is 8.31. The fourth-order valence-corrected chi connectivity index (χ4v) is 4.86. The Labute approximate surface area is 161 Å². The molecule has 1 fully saturated rings. The van der Waals surface area contributed by atoms with E-state index in [1.165, 1.54) is 22.4 Å². The highest BCUT2D eigenvalue weighted by Gasteiger charge is 2.36. The van der Waals surface area contributed by atoms with Gasteiger partial charge in [-0.3, -0.25) is 9.83 Å². The van der Waals surface area contributed by atoms with E-state index in [1.54, 1.807) is 0 Å². The minimum absolute atomic E-state index is 0.0864. The second-order valence-corrected chi connectivity index (χ2v) is 8.25. The van der Waals surface area contributed by atoms with Crippen molar-refractivity contribution in [1.29, 1.82) is 0 Å². The number of nitrogens with one attached hydrogen (secondary N) is 1. The first-order valence-corrected chi connectivity index (χ1v) is 9.85. The van der Waals surface area contributed by atoms with Gasteiger partial charge in [0.25, 0.3) is 6.17 Å². The van der Waals surface area contributed by atoms with Gasteiger partial charge in [-0.05, 0) is 76.0 Å². The molecule has 2 heterocycles. The molecule has 1 saturated heterocycles. The molecule has 1 N–H and O–H groups in total. The van der Waals surface area contributed by atoms with E-state index in [0.29, 0.717) is 5.92 Å². The minimum Gasteiger partial charge on any atom is -0.296 e. The smallest absolute Gasteiger partial charge is 0.277 e. The molecular weight excluding hydrogens is 398 g/mol. The van der Waals surface area contributed by atoms with E-state index in [4.69, 9.17) is 23.2 Å². The molecule has 4 rings (SSSR count). The van der Waals surface area contributed by atoms with Crippen LogP contribution >= 0.6 is 27.5 Å². The molecule has 128 valence electrons. The van der Waals surface area contributed by atoms with Crippen LogP contribution < -0.4 is 5.32 Å². The van der Waals surface area contributed by atoms with Crippen molar-refractivity contribution < 1.29 is 0 Å². The number of halogens is 2. The summed E-state index contributed by atoms with van der Waals surface area (Å²) in [5, 5.41) is 4.11. The lowest BCUT2D eigenvalue weighted by atomic mass is 9.76. The molecule has 3 atom stereocenters. The largest absolute Gasteiger partial charge is 0.296 e. The van der Waals surface area contributed by atoms with Crippen LogP contribution in [0, 0.1) is 12.5 Å². The Bertz CT molecular complexity index is 792. The first kappa shape index (κ1) is 17.0. The summed E-state index contributed by atoms with van der Waals surface area (Å²) in [5.74, 6) is 0.662. The van der Waals surface area contributed by atoms with Crippen LogP contribution in [0.15, 0.2) is 34.9 Å². The predicted molar refractivity (Wildman–Crippen MR) is 104 cm³/mol. The fraction of sp³-hybridized carbons (Fsp3) is 0.400. The summed E-state index contributed by atoms with van der Waals surface area (Å²) in [5.41, 5.74) is 5.16. The Kier molecular flexibility index (Phi) is 4.82. The lowest BCUT2D eigenvalue weighted by molar-refractivity contribution is 0.303. The van der Waals surface area contributed by atoms with E-state index in [2.05, 4.69) is 44.3 Å².